The van der Waals surface area contributed by atoms with E-state index in [1.54, 1.807) is 0 Å². The zero-order valence-electron chi connectivity index (χ0n) is 26.2. The van der Waals surface area contributed by atoms with Gasteiger partial charge in [0, 0.05) is 74.9 Å². The molecule has 0 aromatic rings. The Morgan fingerprint density at radius 2 is 1.44 bits per heavy atom. The summed E-state index contributed by atoms with van der Waals surface area (Å²) in [5.74, 6) is 3.72. The summed E-state index contributed by atoms with van der Waals surface area (Å²) in [6.07, 6.45) is 17.5. The lowest BCUT2D eigenvalue weighted by Crippen LogP contribution is -2.68. The molecule has 0 spiro atoms. The lowest BCUT2D eigenvalue weighted by molar-refractivity contribution is -0.126. The zero-order chi connectivity index (χ0) is 27.1. The van der Waals surface area contributed by atoms with Crippen LogP contribution in [0.1, 0.15) is 90.9 Å². The maximum absolute atomic E-state index is 3.64. The van der Waals surface area contributed by atoms with Gasteiger partial charge in [-0.3, -0.25) is 19.6 Å². The number of hydrogen-bond acceptors (Lipinski definition) is 6. The van der Waals surface area contributed by atoms with Gasteiger partial charge in [-0.15, -0.1) is 0 Å². The van der Waals surface area contributed by atoms with Gasteiger partial charge in [0.15, 0.2) is 0 Å². The highest BCUT2D eigenvalue weighted by Crippen LogP contribution is 2.43. The van der Waals surface area contributed by atoms with Crippen molar-refractivity contribution in [3.63, 3.8) is 0 Å². The summed E-state index contributed by atoms with van der Waals surface area (Å²) in [5, 5.41) is 7.17. The Bertz CT molecular complexity index is 772. The molecule has 2 N–H and O–H groups in total. The lowest BCUT2D eigenvalue weighted by atomic mass is 9.68. The van der Waals surface area contributed by atoms with E-state index in [2.05, 4.69) is 65.2 Å². The largest absolute Gasteiger partial charge is 0.317 e. The summed E-state index contributed by atoms with van der Waals surface area (Å²) >= 11 is 0. The van der Waals surface area contributed by atoms with E-state index < -0.39 is 0 Å². The van der Waals surface area contributed by atoms with Crippen molar-refractivity contribution in [2.75, 3.05) is 53.9 Å². The smallest absolute Gasteiger partial charge is 0.0666 e. The van der Waals surface area contributed by atoms with Crippen molar-refractivity contribution in [3.05, 3.63) is 0 Å². The molecule has 3 saturated heterocycles. The van der Waals surface area contributed by atoms with Crippen LogP contribution < -0.4 is 10.6 Å². The summed E-state index contributed by atoms with van der Waals surface area (Å²) in [6.45, 7) is 11.6. The summed E-state index contributed by atoms with van der Waals surface area (Å²) in [6, 6.07) is 4.87. The molecule has 0 radical (unpaired) electrons. The van der Waals surface area contributed by atoms with E-state index >= 15 is 0 Å². The Morgan fingerprint density at radius 1 is 0.718 bits per heavy atom. The average molecular weight is 543 g/mol. The van der Waals surface area contributed by atoms with Crippen molar-refractivity contribution in [2.24, 2.45) is 23.7 Å². The van der Waals surface area contributed by atoms with Crippen LogP contribution in [0.5, 0.6) is 0 Å². The average Bonchev–Trinajstić information content (AvgIpc) is 3.36. The van der Waals surface area contributed by atoms with Gasteiger partial charge in [0.05, 0.1) is 6.17 Å². The van der Waals surface area contributed by atoms with Gasteiger partial charge in [-0.2, -0.15) is 0 Å². The second-order valence-electron chi connectivity index (χ2n) is 14.8. The fraction of sp³-hybridized carbons (Fsp3) is 1.00. The van der Waals surface area contributed by atoms with E-state index in [0.717, 1.165) is 59.9 Å². The summed E-state index contributed by atoms with van der Waals surface area (Å²) in [5.41, 5.74) is 0. The Kier molecular flexibility index (Phi) is 9.29. The van der Waals surface area contributed by atoms with E-state index in [-0.39, 0.29) is 0 Å². The van der Waals surface area contributed by atoms with Crippen LogP contribution in [0.2, 0.25) is 0 Å². The van der Waals surface area contributed by atoms with Crippen molar-refractivity contribution < 1.29 is 0 Å². The Labute approximate surface area is 241 Å². The van der Waals surface area contributed by atoms with Gasteiger partial charge in [-0.1, -0.05) is 20.3 Å². The van der Waals surface area contributed by atoms with Gasteiger partial charge in [-0.25, -0.2) is 0 Å². The molecule has 6 fully saturated rings. The predicted octanol–water partition coefficient (Wildman–Crippen LogP) is 4.07. The molecule has 3 heterocycles. The first-order valence-corrected chi connectivity index (χ1v) is 17.3. The third-order valence-electron chi connectivity index (χ3n) is 13.0. The zero-order valence-corrected chi connectivity index (χ0v) is 26.2. The second-order valence-corrected chi connectivity index (χ2v) is 14.8. The molecule has 0 bridgehead atoms. The van der Waals surface area contributed by atoms with E-state index in [1.807, 2.05) is 0 Å². The van der Waals surface area contributed by atoms with Crippen LogP contribution in [0.15, 0.2) is 0 Å². The molecule has 0 aromatic carbocycles. The maximum Gasteiger partial charge on any atom is 0.0666 e. The fourth-order valence-corrected chi connectivity index (χ4v) is 9.91. The van der Waals surface area contributed by atoms with E-state index in [1.165, 1.54) is 110 Å². The topological polar surface area (TPSA) is 37.0 Å². The van der Waals surface area contributed by atoms with Crippen molar-refractivity contribution in [2.45, 2.75) is 133 Å². The molecule has 7 atom stereocenters. The molecule has 7 unspecified atom stereocenters. The predicted molar refractivity (Wildman–Crippen MR) is 163 cm³/mol. The van der Waals surface area contributed by atoms with E-state index in [0.29, 0.717) is 6.17 Å². The Morgan fingerprint density at radius 3 is 2.10 bits per heavy atom. The Hall–Kier alpha value is -0.240. The van der Waals surface area contributed by atoms with Crippen LogP contribution in [-0.2, 0) is 0 Å². The van der Waals surface area contributed by atoms with Crippen LogP contribution in [0.3, 0.4) is 0 Å². The molecule has 0 amide bonds. The molecule has 3 aliphatic heterocycles. The van der Waals surface area contributed by atoms with Crippen LogP contribution >= 0.6 is 0 Å². The van der Waals surface area contributed by atoms with Crippen molar-refractivity contribution in [1.82, 2.24) is 30.2 Å². The number of rotatable bonds is 12. The molecule has 0 aromatic heterocycles. The van der Waals surface area contributed by atoms with Crippen LogP contribution in [0.25, 0.3) is 0 Å². The quantitative estimate of drug-likeness (QED) is 0.387. The highest BCUT2D eigenvalue weighted by atomic mass is 15.4. The van der Waals surface area contributed by atoms with Crippen molar-refractivity contribution in [1.29, 1.82) is 0 Å². The molecule has 224 valence electrons. The standard InChI is InChI=1S/C33H62N6/c1-6-23-18-38(19-23)32-17-31(35-4)30(32)15-8-24-20-37(21-24)29-14-13-28(16-29)36(5)33-25(7-2)22-39(33)27-11-9-26(34-3)10-12-27/h23-35H,6-22H2,1-5H3. The molecule has 39 heavy (non-hydrogen) atoms. The first-order valence-electron chi connectivity index (χ1n) is 17.3. The third kappa shape index (κ3) is 5.73. The number of nitrogens with zero attached hydrogens (tertiary/aromatic N) is 4. The van der Waals surface area contributed by atoms with Crippen LogP contribution in [-0.4, -0.2) is 116 Å². The number of hydrogen-bond donors (Lipinski definition) is 2. The second kappa shape index (κ2) is 12.6. The fourth-order valence-electron chi connectivity index (χ4n) is 9.91. The van der Waals surface area contributed by atoms with Gasteiger partial charge in [0.25, 0.3) is 0 Å². The minimum atomic E-state index is 0.702. The van der Waals surface area contributed by atoms with E-state index in [4.69, 9.17) is 0 Å². The van der Waals surface area contributed by atoms with Gasteiger partial charge in [0.1, 0.15) is 0 Å². The number of nitrogens with one attached hydrogen (secondary N) is 2. The molecule has 6 aliphatic rings. The third-order valence-corrected chi connectivity index (χ3v) is 13.0. The van der Waals surface area contributed by atoms with Crippen LogP contribution in [0.4, 0.5) is 0 Å². The molecule has 3 aliphatic carbocycles. The normalized spacial score (nSPS) is 42.8. The Balaban J connectivity index is 0.931. The van der Waals surface area contributed by atoms with Crippen molar-refractivity contribution in [3.8, 4) is 0 Å². The summed E-state index contributed by atoms with van der Waals surface area (Å²) in [7, 11) is 6.82. The molecule has 3 saturated carbocycles. The minimum Gasteiger partial charge on any atom is -0.317 e. The monoisotopic (exact) mass is 543 g/mol. The summed E-state index contributed by atoms with van der Waals surface area (Å²) in [4.78, 5) is 11.5. The van der Waals surface area contributed by atoms with Gasteiger partial charge in [-0.05, 0) is 110 Å². The molecular weight excluding hydrogens is 480 g/mol. The molecular formula is C33H62N6. The van der Waals surface area contributed by atoms with E-state index in [9.17, 15) is 0 Å². The van der Waals surface area contributed by atoms with Gasteiger partial charge in [0.2, 0.25) is 0 Å². The molecule has 6 rings (SSSR count). The van der Waals surface area contributed by atoms with Gasteiger partial charge >= 0.3 is 0 Å². The first-order chi connectivity index (χ1) is 19.0. The minimum absolute atomic E-state index is 0.702. The highest BCUT2D eigenvalue weighted by molar-refractivity contribution is 5.04. The highest BCUT2D eigenvalue weighted by Gasteiger charge is 2.49. The maximum atomic E-state index is 3.64. The summed E-state index contributed by atoms with van der Waals surface area (Å²) < 4.78 is 0. The molecule has 6 heteroatoms. The van der Waals surface area contributed by atoms with Gasteiger partial charge < -0.3 is 10.6 Å². The van der Waals surface area contributed by atoms with Crippen LogP contribution in [0, 0.1) is 23.7 Å². The number of likely N-dealkylation sites (tertiary alicyclic amines) is 3. The lowest BCUT2D eigenvalue weighted by Gasteiger charge is -2.57. The SMILES string of the molecule is CCC1CN(C2CC(NC)C2CCC2CN(C3CCC(N(C)C4C(CC)CN4C4CCC(NC)CC4)C3)C2)C1. The van der Waals surface area contributed by atoms with Crippen molar-refractivity contribution >= 4 is 0 Å². The molecule has 6 nitrogen and oxygen atoms in total. The first kappa shape index (κ1) is 28.9.